The third kappa shape index (κ3) is 5.76. The van der Waals surface area contributed by atoms with Crippen molar-refractivity contribution in [3.8, 4) is 0 Å². The van der Waals surface area contributed by atoms with Gasteiger partial charge in [0.25, 0.3) is 5.91 Å². The maximum absolute atomic E-state index is 12.2. The molecule has 2 rings (SSSR count). The van der Waals surface area contributed by atoms with E-state index in [0.717, 1.165) is 33.0 Å². The van der Waals surface area contributed by atoms with Crippen molar-refractivity contribution < 1.29 is 19.1 Å². The van der Waals surface area contributed by atoms with Gasteiger partial charge in [0, 0.05) is 27.4 Å². The summed E-state index contributed by atoms with van der Waals surface area (Å²) in [6.07, 6.45) is 0.834. The SMILES string of the molecule is CCc1cccc(C)c1NC(=O)COC(=O)CCC(=O)c1cc(C)sc1C. The van der Waals surface area contributed by atoms with Crippen molar-refractivity contribution in [3.05, 3.63) is 50.7 Å². The van der Waals surface area contributed by atoms with Crippen molar-refractivity contribution in [3.63, 3.8) is 0 Å². The van der Waals surface area contributed by atoms with Crippen molar-refractivity contribution in [2.45, 2.75) is 47.0 Å². The highest BCUT2D eigenvalue weighted by Crippen LogP contribution is 2.22. The zero-order valence-electron chi connectivity index (χ0n) is 16.2. The van der Waals surface area contributed by atoms with E-state index in [4.69, 9.17) is 4.74 Å². The van der Waals surface area contributed by atoms with Crippen molar-refractivity contribution in [2.24, 2.45) is 0 Å². The van der Waals surface area contributed by atoms with Gasteiger partial charge in [-0.2, -0.15) is 0 Å². The Morgan fingerprint density at radius 2 is 1.85 bits per heavy atom. The van der Waals surface area contributed by atoms with Crippen LogP contribution >= 0.6 is 11.3 Å². The summed E-state index contributed by atoms with van der Waals surface area (Å²) in [7, 11) is 0. The predicted molar refractivity (Wildman–Crippen MR) is 108 cm³/mol. The van der Waals surface area contributed by atoms with Gasteiger partial charge in [0.2, 0.25) is 0 Å². The molecule has 0 saturated heterocycles. The third-order valence-corrected chi connectivity index (χ3v) is 5.23. The number of aryl methyl sites for hydroxylation is 4. The molecule has 2 aromatic rings. The molecule has 0 aliphatic carbocycles. The summed E-state index contributed by atoms with van der Waals surface area (Å²) in [5.74, 6) is -1.02. The molecule has 1 aromatic carbocycles. The average Bonchev–Trinajstić information content (AvgIpc) is 2.97. The first-order chi connectivity index (χ1) is 12.8. The molecule has 1 aromatic heterocycles. The number of hydrogen-bond donors (Lipinski definition) is 1. The predicted octanol–water partition coefficient (Wildman–Crippen LogP) is 4.38. The zero-order valence-corrected chi connectivity index (χ0v) is 17.0. The smallest absolute Gasteiger partial charge is 0.306 e. The molecule has 0 bridgehead atoms. The highest BCUT2D eigenvalue weighted by Gasteiger charge is 2.16. The van der Waals surface area contributed by atoms with Crippen LogP contribution in [0.5, 0.6) is 0 Å². The third-order valence-electron chi connectivity index (χ3n) is 4.27. The Morgan fingerprint density at radius 3 is 2.48 bits per heavy atom. The molecule has 1 heterocycles. The fourth-order valence-corrected chi connectivity index (χ4v) is 3.80. The Kier molecular flexibility index (Phi) is 7.30. The lowest BCUT2D eigenvalue weighted by Crippen LogP contribution is -2.22. The molecule has 0 aliphatic rings. The number of anilines is 1. The Morgan fingerprint density at radius 1 is 1.11 bits per heavy atom. The molecule has 0 radical (unpaired) electrons. The first-order valence-corrected chi connectivity index (χ1v) is 9.77. The fraction of sp³-hybridized carbons (Fsp3) is 0.381. The van der Waals surface area contributed by atoms with E-state index in [9.17, 15) is 14.4 Å². The topological polar surface area (TPSA) is 72.5 Å². The molecule has 0 atom stereocenters. The van der Waals surface area contributed by atoms with E-state index >= 15 is 0 Å². The molecule has 27 heavy (non-hydrogen) atoms. The van der Waals surface area contributed by atoms with Gasteiger partial charge in [-0.05, 0) is 44.4 Å². The highest BCUT2D eigenvalue weighted by atomic mass is 32.1. The van der Waals surface area contributed by atoms with Gasteiger partial charge in [0.15, 0.2) is 12.4 Å². The number of para-hydroxylation sites is 1. The van der Waals surface area contributed by atoms with Gasteiger partial charge in [0.1, 0.15) is 0 Å². The summed E-state index contributed by atoms with van der Waals surface area (Å²) in [6, 6.07) is 7.65. The first kappa shape index (κ1) is 20.8. The molecule has 0 aliphatic heterocycles. The normalized spacial score (nSPS) is 10.5. The summed E-state index contributed by atoms with van der Waals surface area (Å²) in [6.45, 7) is 7.41. The van der Waals surface area contributed by atoms with Crippen LogP contribution in [0.4, 0.5) is 5.69 Å². The van der Waals surface area contributed by atoms with Crippen molar-refractivity contribution in [1.82, 2.24) is 0 Å². The number of benzene rings is 1. The summed E-state index contributed by atoms with van der Waals surface area (Å²) in [5.41, 5.74) is 3.41. The second-order valence-corrected chi connectivity index (χ2v) is 7.88. The summed E-state index contributed by atoms with van der Waals surface area (Å²) < 4.78 is 5.01. The highest BCUT2D eigenvalue weighted by molar-refractivity contribution is 7.12. The van der Waals surface area contributed by atoms with Crippen LogP contribution in [-0.4, -0.2) is 24.3 Å². The lowest BCUT2D eigenvalue weighted by molar-refractivity contribution is -0.147. The molecule has 5 nitrogen and oxygen atoms in total. The number of nitrogens with one attached hydrogen (secondary N) is 1. The minimum atomic E-state index is -0.552. The molecule has 1 N–H and O–H groups in total. The Bertz CT molecular complexity index is 854. The number of rotatable bonds is 8. The molecule has 0 fully saturated rings. The van der Waals surface area contributed by atoms with Crippen LogP contribution in [0.25, 0.3) is 0 Å². The van der Waals surface area contributed by atoms with Gasteiger partial charge in [-0.1, -0.05) is 25.1 Å². The quantitative estimate of drug-likeness (QED) is 0.539. The van der Waals surface area contributed by atoms with Gasteiger partial charge in [-0.3, -0.25) is 14.4 Å². The molecular formula is C21H25NO4S. The van der Waals surface area contributed by atoms with Crippen molar-refractivity contribution >= 4 is 34.7 Å². The lowest BCUT2D eigenvalue weighted by atomic mass is 10.1. The molecule has 0 spiro atoms. The molecule has 1 amide bonds. The number of thiophene rings is 1. The average molecular weight is 388 g/mol. The number of ketones is 1. The Hall–Kier alpha value is -2.47. The second kappa shape index (κ2) is 9.46. The van der Waals surface area contributed by atoms with Crippen LogP contribution < -0.4 is 5.32 Å². The van der Waals surface area contributed by atoms with Crippen LogP contribution in [0.1, 0.15) is 51.0 Å². The standard InChI is InChI=1S/C21H25NO4S/c1-5-16-8-6-7-13(2)21(16)22-19(24)12-26-20(25)10-9-18(23)17-11-14(3)27-15(17)4/h6-8,11H,5,9-10,12H2,1-4H3,(H,22,24). The maximum Gasteiger partial charge on any atom is 0.306 e. The first-order valence-electron chi connectivity index (χ1n) is 8.96. The van der Waals surface area contributed by atoms with Gasteiger partial charge in [-0.15, -0.1) is 11.3 Å². The van der Waals surface area contributed by atoms with Crippen molar-refractivity contribution in [2.75, 3.05) is 11.9 Å². The van der Waals surface area contributed by atoms with Gasteiger partial charge < -0.3 is 10.1 Å². The maximum atomic E-state index is 12.2. The number of ether oxygens (including phenoxy) is 1. The number of carbonyl (C=O) groups excluding carboxylic acids is 3. The van der Waals surface area contributed by atoms with Crippen LogP contribution in [0.3, 0.4) is 0 Å². The molecular weight excluding hydrogens is 362 g/mol. The van der Waals surface area contributed by atoms with Crippen LogP contribution in [0.2, 0.25) is 0 Å². The van der Waals surface area contributed by atoms with E-state index in [0.29, 0.717) is 5.56 Å². The monoisotopic (exact) mass is 387 g/mol. The lowest BCUT2D eigenvalue weighted by Gasteiger charge is -2.13. The number of Topliss-reactive ketones (excluding diaryl/α,β-unsaturated/α-hetero) is 1. The summed E-state index contributed by atoms with van der Waals surface area (Å²) in [5, 5.41) is 2.80. The van der Waals surface area contributed by atoms with Gasteiger partial charge in [0.05, 0.1) is 6.42 Å². The molecule has 0 unspecified atom stereocenters. The fourth-order valence-electron chi connectivity index (χ4n) is 2.85. The van der Waals surface area contributed by atoms with Gasteiger partial charge in [-0.25, -0.2) is 0 Å². The number of hydrogen-bond acceptors (Lipinski definition) is 5. The van der Waals surface area contributed by atoms with E-state index in [-0.39, 0.29) is 31.1 Å². The van der Waals surface area contributed by atoms with Crippen LogP contribution in [0, 0.1) is 20.8 Å². The van der Waals surface area contributed by atoms with Crippen LogP contribution in [0.15, 0.2) is 24.3 Å². The Balaban J connectivity index is 1.81. The number of esters is 1. The van der Waals surface area contributed by atoms with E-state index in [1.54, 1.807) is 11.3 Å². The Labute approximate surface area is 163 Å². The molecule has 6 heteroatoms. The minimum absolute atomic E-state index is 0.0367. The zero-order chi connectivity index (χ0) is 20.0. The number of amides is 1. The summed E-state index contributed by atoms with van der Waals surface area (Å²) >= 11 is 1.56. The minimum Gasteiger partial charge on any atom is -0.456 e. The number of carbonyl (C=O) groups is 3. The van der Waals surface area contributed by atoms with E-state index in [1.165, 1.54) is 0 Å². The largest absolute Gasteiger partial charge is 0.456 e. The van der Waals surface area contributed by atoms with E-state index < -0.39 is 5.97 Å². The van der Waals surface area contributed by atoms with Crippen molar-refractivity contribution in [1.29, 1.82) is 0 Å². The van der Waals surface area contributed by atoms with Gasteiger partial charge >= 0.3 is 5.97 Å². The van der Waals surface area contributed by atoms with Crippen LogP contribution in [-0.2, 0) is 20.7 Å². The molecule has 144 valence electrons. The second-order valence-electron chi connectivity index (χ2n) is 6.42. The van der Waals surface area contributed by atoms with E-state index in [1.807, 2.05) is 52.0 Å². The summed E-state index contributed by atoms with van der Waals surface area (Å²) in [4.78, 5) is 38.2. The molecule has 0 saturated carbocycles. The van der Waals surface area contributed by atoms with E-state index in [2.05, 4.69) is 5.32 Å².